The predicted molar refractivity (Wildman–Crippen MR) is 104 cm³/mol. The molecule has 0 spiro atoms. The molecule has 6 nitrogen and oxygen atoms in total. The van der Waals surface area contributed by atoms with E-state index in [9.17, 15) is 9.59 Å². The highest BCUT2D eigenvalue weighted by molar-refractivity contribution is 9.10. The van der Waals surface area contributed by atoms with E-state index in [0.29, 0.717) is 5.56 Å². The molecule has 0 atom stereocenters. The summed E-state index contributed by atoms with van der Waals surface area (Å²) in [5.41, 5.74) is 7.14. The van der Waals surface area contributed by atoms with Gasteiger partial charge in [0.15, 0.2) is 18.1 Å². The number of benzene rings is 2. The average Bonchev–Trinajstić information content (AvgIpc) is 2.60. The Morgan fingerprint density at radius 3 is 2.54 bits per heavy atom. The van der Waals surface area contributed by atoms with Crippen molar-refractivity contribution in [2.24, 2.45) is 5.73 Å². The zero-order valence-electron chi connectivity index (χ0n) is 14.5. The van der Waals surface area contributed by atoms with Crippen LogP contribution in [0.15, 0.2) is 34.8 Å². The highest BCUT2D eigenvalue weighted by atomic mass is 79.9. The van der Waals surface area contributed by atoms with E-state index in [2.05, 4.69) is 15.9 Å². The van der Waals surface area contributed by atoms with Gasteiger partial charge in [-0.15, -0.1) is 0 Å². The van der Waals surface area contributed by atoms with Crippen LogP contribution in [0, 0.1) is 6.92 Å². The van der Waals surface area contributed by atoms with Crippen molar-refractivity contribution in [3.8, 4) is 11.5 Å². The van der Waals surface area contributed by atoms with Crippen LogP contribution in [0.2, 0.25) is 5.02 Å². The van der Waals surface area contributed by atoms with Crippen LogP contribution in [0.25, 0.3) is 0 Å². The van der Waals surface area contributed by atoms with Gasteiger partial charge in [0.2, 0.25) is 0 Å². The van der Waals surface area contributed by atoms with E-state index in [0.717, 1.165) is 15.7 Å². The molecule has 0 aliphatic rings. The molecule has 2 aromatic rings. The van der Waals surface area contributed by atoms with Gasteiger partial charge >= 0.3 is 0 Å². The van der Waals surface area contributed by atoms with Gasteiger partial charge in [0.1, 0.15) is 0 Å². The number of hydrogen-bond acceptors (Lipinski definition) is 4. The van der Waals surface area contributed by atoms with Gasteiger partial charge < -0.3 is 20.1 Å². The number of nitrogens with zero attached hydrogens (tertiary/aromatic N) is 1. The van der Waals surface area contributed by atoms with Crippen LogP contribution < -0.4 is 20.1 Å². The van der Waals surface area contributed by atoms with E-state index in [-0.39, 0.29) is 29.0 Å². The number of amides is 2. The SMILES string of the molecule is COc1cc(C(=O)N(C)c2ccc(Br)c(C)c2)cc(Cl)c1OCC(N)=O. The van der Waals surface area contributed by atoms with E-state index in [1.54, 1.807) is 7.05 Å². The Morgan fingerprint density at radius 2 is 1.96 bits per heavy atom. The number of carbonyl (C=O) groups excluding carboxylic acids is 2. The number of methoxy groups -OCH3 is 1. The summed E-state index contributed by atoms with van der Waals surface area (Å²) in [4.78, 5) is 25.2. The summed E-state index contributed by atoms with van der Waals surface area (Å²) in [7, 11) is 3.09. The topological polar surface area (TPSA) is 81.9 Å². The molecule has 138 valence electrons. The predicted octanol–water partition coefficient (Wildman–Crippen LogP) is 3.56. The largest absolute Gasteiger partial charge is 0.493 e. The Bertz CT molecular complexity index is 857. The second-order valence-electron chi connectivity index (χ2n) is 5.54. The van der Waals surface area contributed by atoms with Gasteiger partial charge in [-0.3, -0.25) is 9.59 Å². The van der Waals surface area contributed by atoms with E-state index in [1.165, 1.54) is 24.1 Å². The van der Waals surface area contributed by atoms with Gasteiger partial charge in [-0.1, -0.05) is 27.5 Å². The number of ether oxygens (including phenoxy) is 2. The molecular formula is C18H18BrClN2O4. The van der Waals surface area contributed by atoms with Crippen LogP contribution in [0.3, 0.4) is 0 Å². The van der Waals surface area contributed by atoms with E-state index < -0.39 is 5.91 Å². The quantitative estimate of drug-likeness (QED) is 0.743. The Labute approximate surface area is 164 Å². The van der Waals surface area contributed by atoms with Crippen LogP contribution >= 0.6 is 27.5 Å². The minimum absolute atomic E-state index is 0.148. The van der Waals surface area contributed by atoms with Gasteiger partial charge in [0.05, 0.1) is 12.1 Å². The number of primary amides is 1. The first-order valence-corrected chi connectivity index (χ1v) is 8.74. The van der Waals surface area contributed by atoms with Crippen LogP contribution in [0.5, 0.6) is 11.5 Å². The molecule has 8 heteroatoms. The first-order chi connectivity index (χ1) is 12.2. The third-order valence-corrected chi connectivity index (χ3v) is 4.84. The lowest BCUT2D eigenvalue weighted by Crippen LogP contribution is -2.26. The van der Waals surface area contributed by atoms with Crippen molar-refractivity contribution in [1.82, 2.24) is 0 Å². The lowest BCUT2D eigenvalue weighted by Gasteiger charge is -2.20. The molecule has 2 N–H and O–H groups in total. The van der Waals surface area contributed by atoms with Gasteiger partial charge in [-0.25, -0.2) is 0 Å². The molecule has 0 radical (unpaired) electrons. The molecule has 0 heterocycles. The highest BCUT2D eigenvalue weighted by Crippen LogP contribution is 2.37. The van der Waals surface area contributed by atoms with Crippen LogP contribution in [0.4, 0.5) is 5.69 Å². The Morgan fingerprint density at radius 1 is 1.27 bits per heavy atom. The lowest BCUT2D eigenvalue weighted by atomic mass is 10.1. The minimum Gasteiger partial charge on any atom is -0.493 e. The maximum absolute atomic E-state index is 12.8. The van der Waals surface area contributed by atoms with Crippen molar-refractivity contribution >= 4 is 45.0 Å². The summed E-state index contributed by atoms with van der Waals surface area (Å²) in [5.74, 6) is -0.517. The first-order valence-electron chi connectivity index (χ1n) is 7.57. The van der Waals surface area contributed by atoms with Crippen LogP contribution in [0.1, 0.15) is 15.9 Å². The first kappa shape index (κ1) is 20.1. The zero-order valence-corrected chi connectivity index (χ0v) is 16.8. The molecule has 26 heavy (non-hydrogen) atoms. The number of nitrogens with two attached hydrogens (primary N) is 1. The summed E-state index contributed by atoms with van der Waals surface area (Å²) in [6.45, 7) is 1.60. The molecule has 0 saturated heterocycles. The average molecular weight is 442 g/mol. The van der Waals surface area contributed by atoms with Crippen molar-refractivity contribution in [2.75, 3.05) is 25.7 Å². The molecule has 0 bridgehead atoms. The third kappa shape index (κ3) is 4.47. The van der Waals surface area contributed by atoms with Crippen molar-refractivity contribution in [3.63, 3.8) is 0 Å². The second-order valence-corrected chi connectivity index (χ2v) is 6.80. The Hall–Kier alpha value is -2.25. The number of carbonyl (C=O) groups is 2. The summed E-state index contributed by atoms with van der Waals surface area (Å²) in [6.07, 6.45) is 0. The molecule has 0 aromatic heterocycles. The second kappa shape index (κ2) is 8.42. The van der Waals surface area contributed by atoms with Crippen molar-refractivity contribution in [1.29, 1.82) is 0 Å². The maximum atomic E-state index is 12.8. The monoisotopic (exact) mass is 440 g/mol. The molecule has 2 amide bonds. The molecule has 0 aliphatic heterocycles. The Kier molecular flexibility index (Phi) is 6.50. The molecule has 0 unspecified atom stereocenters. The summed E-state index contributed by atoms with van der Waals surface area (Å²) in [5, 5.41) is 0.148. The number of halogens is 2. The smallest absolute Gasteiger partial charge is 0.258 e. The maximum Gasteiger partial charge on any atom is 0.258 e. The molecule has 0 saturated carbocycles. The number of aryl methyl sites for hydroxylation is 1. The fourth-order valence-electron chi connectivity index (χ4n) is 2.28. The summed E-state index contributed by atoms with van der Waals surface area (Å²) >= 11 is 9.64. The molecule has 0 fully saturated rings. The third-order valence-electron chi connectivity index (χ3n) is 3.67. The van der Waals surface area contributed by atoms with Gasteiger partial charge in [-0.2, -0.15) is 0 Å². The number of hydrogen-bond donors (Lipinski definition) is 1. The summed E-state index contributed by atoms with van der Waals surface area (Å²) < 4.78 is 11.5. The van der Waals surface area contributed by atoms with Crippen molar-refractivity contribution in [3.05, 3.63) is 51.0 Å². The molecular weight excluding hydrogens is 424 g/mol. The molecule has 0 aliphatic carbocycles. The van der Waals surface area contributed by atoms with Crippen LogP contribution in [-0.4, -0.2) is 32.6 Å². The normalized spacial score (nSPS) is 10.3. The highest BCUT2D eigenvalue weighted by Gasteiger charge is 2.20. The van der Waals surface area contributed by atoms with Gasteiger partial charge in [0.25, 0.3) is 11.8 Å². The Balaban J connectivity index is 2.34. The number of anilines is 1. The van der Waals surface area contributed by atoms with E-state index >= 15 is 0 Å². The lowest BCUT2D eigenvalue weighted by molar-refractivity contribution is -0.119. The molecule has 2 aromatic carbocycles. The van der Waals surface area contributed by atoms with Crippen LogP contribution in [-0.2, 0) is 4.79 Å². The van der Waals surface area contributed by atoms with Crippen molar-refractivity contribution in [2.45, 2.75) is 6.92 Å². The standard InChI is InChI=1S/C18H18BrClN2O4/c1-10-6-12(4-5-13(10)19)22(2)18(24)11-7-14(20)17(15(8-11)25-3)26-9-16(21)23/h4-8H,9H2,1-3H3,(H2,21,23). The van der Waals surface area contributed by atoms with Gasteiger partial charge in [0, 0.05) is 22.8 Å². The fraction of sp³-hybridized carbons (Fsp3) is 0.222. The zero-order chi connectivity index (χ0) is 19.4. The van der Waals surface area contributed by atoms with Crippen molar-refractivity contribution < 1.29 is 19.1 Å². The van der Waals surface area contributed by atoms with E-state index in [4.69, 9.17) is 26.8 Å². The number of rotatable bonds is 6. The fourth-order valence-corrected chi connectivity index (χ4v) is 2.79. The summed E-state index contributed by atoms with van der Waals surface area (Å²) in [6, 6.07) is 8.57. The molecule has 2 rings (SSSR count). The minimum atomic E-state index is -0.645. The van der Waals surface area contributed by atoms with Gasteiger partial charge in [-0.05, 0) is 42.8 Å². The van der Waals surface area contributed by atoms with E-state index in [1.807, 2.05) is 25.1 Å².